The van der Waals surface area contributed by atoms with Gasteiger partial charge in [0.1, 0.15) is 13.2 Å². The van der Waals surface area contributed by atoms with Crippen molar-refractivity contribution < 1.29 is 14.3 Å². The Morgan fingerprint density at radius 3 is 2.65 bits per heavy atom. The molecule has 17 heavy (non-hydrogen) atoms. The summed E-state index contributed by atoms with van der Waals surface area (Å²) < 4.78 is 11.8. The fourth-order valence-electron chi connectivity index (χ4n) is 1.89. The molecule has 2 rings (SSSR count). The van der Waals surface area contributed by atoms with Crippen LogP contribution in [0.2, 0.25) is 0 Å². The SMILES string of the molecule is CC(CC1OCC(=O)CO1)c1ccccc1Br. The Morgan fingerprint density at radius 1 is 1.35 bits per heavy atom. The van der Waals surface area contributed by atoms with Crippen LogP contribution in [0, 0.1) is 0 Å². The van der Waals surface area contributed by atoms with Crippen LogP contribution in [-0.2, 0) is 14.3 Å². The molecule has 0 saturated carbocycles. The predicted molar refractivity (Wildman–Crippen MR) is 67.9 cm³/mol. The minimum Gasteiger partial charge on any atom is -0.345 e. The molecular formula is C13H15BrO3. The lowest BCUT2D eigenvalue weighted by Gasteiger charge is -2.25. The van der Waals surface area contributed by atoms with E-state index in [1.54, 1.807) is 0 Å². The Bertz CT molecular complexity index is 395. The number of benzene rings is 1. The summed E-state index contributed by atoms with van der Waals surface area (Å²) >= 11 is 3.54. The van der Waals surface area contributed by atoms with Gasteiger partial charge in [-0.3, -0.25) is 4.79 Å². The molecule has 0 aromatic heterocycles. The molecule has 92 valence electrons. The van der Waals surface area contributed by atoms with Crippen LogP contribution in [0.25, 0.3) is 0 Å². The third kappa shape index (κ3) is 3.37. The predicted octanol–water partition coefficient (Wildman–Crippen LogP) is 2.88. The standard InChI is InChI=1S/C13H15BrO3/c1-9(11-4-2-3-5-12(11)14)6-13-16-7-10(15)8-17-13/h2-5,9,13H,6-8H2,1H3. The van der Waals surface area contributed by atoms with E-state index in [-0.39, 0.29) is 25.3 Å². The topological polar surface area (TPSA) is 35.5 Å². The fraction of sp³-hybridized carbons (Fsp3) is 0.462. The molecule has 0 radical (unpaired) electrons. The molecule has 1 atom stereocenters. The highest BCUT2D eigenvalue weighted by Gasteiger charge is 2.22. The lowest BCUT2D eigenvalue weighted by molar-refractivity contribution is -0.188. The zero-order valence-electron chi connectivity index (χ0n) is 9.69. The molecule has 1 aromatic carbocycles. The summed E-state index contributed by atoms with van der Waals surface area (Å²) in [5, 5.41) is 0. The van der Waals surface area contributed by atoms with Gasteiger partial charge in [-0.25, -0.2) is 0 Å². The molecule has 1 aliphatic heterocycles. The van der Waals surface area contributed by atoms with Crippen LogP contribution in [0.3, 0.4) is 0 Å². The first-order valence-electron chi connectivity index (χ1n) is 5.66. The molecule has 1 saturated heterocycles. The number of ether oxygens (including phenoxy) is 2. The molecule has 1 fully saturated rings. The molecule has 0 aliphatic carbocycles. The van der Waals surface area contributed by atoms with Crippen LogP contribution in [-0.4, -0.2) is 25.3 Å². The second-order valence-electron chi connectivity index (χ2n) is 4.25. The summed E-state index contributed by atoms with van der Waals surface area (Å²) in [6.45, 7) is 2.48. The Morgan fingerprint density at radius 2 is 2.00 bits per heavy atom. The normalized spacial score (nSPS) is 19.3. The van der Waals surface area contributed by atoms with E-state index in [1.165, 1.54) is 5.56 Å². The number of hydrogen-bond donors (Lipinski definition) is 0. The van der Waals surface area contributed by atoms with E-state index < -0.39 is 0 Å². The number of carbonyl (C=O) groups excluding carboxylic acids is 1. The van der Waals surface area contributed by atoms with Gasteiger partial charge in [-0.15, -0.1) is 0 Å². The first-order valence-corrected chi connectivity index (χ1v) is 6.45. The van der Waals surface area contributed by atoms with Crippen LogP contribution in [0.4, 0.5) is 0 Å². The number of carbonyl (C=O) groups is 1. The maximum atomic E-state index is 11.0. The van der Waals surface area contributed by atoms with Crippen molar-refractivity contribution >= 4 is 21.7 Å². The lowest BCUT2D eigenvalue weighted by atomic mass is 9.97. The highest BCUT2D eigenvalue weighted by molar-refractivity contribution is 9.10. The second-order valence-corrected chi connectivity index (χ2v) is 5.10. The van der Waals surface area contributed by atoms with Crippen molar-refractivity contribution in [2.45, 2.75) is 25.6 Å². The molecule has 1 unspecified atom stereocenters. The van der Waals surface area contributed by atoms with Gasteiger partial charge in [0.25, 0.3) is 0 Å². The highest BCUT2D eigenvalue weighted by atomic mass is 79.9. The molecule has 1 aliphatic rings. The van der Waals surface area contributed by atoms with Crippen molar-refractivity contribution in [3.05, 3.63) is 34.3 Å². The van der Waals surface area contributed by atoms with Crippen molar-refractivity contribution in [2.24, 2.45) is 0 Å². The number of ketones is 1. The molecular weight excluding hydrogens is 284 g/mol. The quantitative estimate of drug-likeness (QED) is 0.861. The van der Waals surface area contributed by atoms with Crippen molar-refractivity contribution in [1.82, 2.24) is 0 Å². The van der Waals surface area contributed by atoms with E-state index in [0.29, 0.717) is 5.92 Å². The van der Waals surface area contributed by atoms with Crippen molar-refractivity contribution in [3.63, 3.8) is 0 Å². The van der Waals surface area contributed by atoms with E-state index in [0.717, 1.165) is 10.9 Å². The summed E-state index contributed by atoms with van der Waals surface area (Å²) in [6, 6.07) is 8.12. The molecule has 4 heteroatoms. The molecule has 1 heterocycles. The maximum Gasteiger partial charge on any atom is 0.184 e. The Kier molecular flexibility index (Phi) is 4.31. The van der Waals surface area contributed by atoms with E-state index >= 15 is 0 Å². The highest BCUT2D eigenvalue weighted by Crippen LogP contribution is 2.29. The molecule has 0 amide bonds. The summed E-state index contributed by atoms with van der Waals surface area (Å²) in [7, 11) is 0. The number of hydrogen-bond acceptors (Lipinski definition) is 3. The molecule has 0 bridgehead atoms. The molecule has 1 aromatic rings. The van der Waals surface area contributed by atoms with Gasteiger partial charge in [-0.2, -0.15) is 0 Å². The zero-order valence-corrected chi connectivity index (χ0v) is 11.3. The summed E-state index contributed by atoms with van der Waals surface area (Å²) in [5.74, 6) is 0.332. The first kappa shape index (κ1) is 12.7. The minimum absolute atomic E-state index is 0.00907. The molecule has 3 nitrogen and oxygen atoms in total. The Labute approximate surface area is 109 Å². The van der Waals surface area contributed by atoms with Crippen LogP contribution in [0.5, 0.6) is 0 Å². The van der Waals surface area contributed by atoms with Crippen molar-refractivity contribution in [3.8, 4) is 0 Å². The number of Topliss-reactive ketones (excluding diaryl/α,β-unsaturated/α-hetero) is 1. The Hall–Kier alpha value is -0.710. The number of rotatable bonds is 3. The Balaban J connectivity index is 1.95. The second kappa shape index (κ2) is 5.76. The minimum atomic E-state index is -0.269. The maximum absolute atomic E-state index is 11.0. The van der Waals surface area contributed by atoms with Gasteiger partial charge >= 0.3 is 0 Å². The largest absolute Gasteiger partial charge is 0.345 e. The zero-order chi connectivity index (χ0) is 12.3. The van der Waals surface area contributed by atoms with Crippen LogP contribution in [0.15, 0.2) is 28.7 Å². The summed E-state index contributed by atoms with van der Waals surface area (Å²) in [5.41, 5.74) is 1.23. The summed E-state index contributed by atoms with van der Waals surface area (Å²) in [6.07, 6.45) is 0.491. The van der Waals surface area contributed by atoms with Crippen LogP contribution >= 0.6 is 15.9 Å². The average molecular weight is 299 g/mol. The first-order chi connectivity index (χ1) is 8.16. The monoisotopic (exact) mass is 298 g/mol. The van der Waals surface area contributed by atoms with Crippen molar-refractivity contribution in [1.29, 1.82) is 0 Å². The van der Waals surface area contributed by atoms with E-state index in [4.69, 9.17) is 9.47 Å². The third-order valence-electron chi connectivity index (χ3n) is 2.84. The van der Waals surface area contributed by atoms with E-state index in [1.807, 2.05) is 18.2 Å². The van der Waals surface area contributed by atoms with Crippen LogP contribution in [0.1, 0.15) is 24.8 Å². The van der Waals surface area contributed by atoms with Gasteiger partial charge in [0.2, 0.25) is 0 Å². The van der Waals surface area contributed by atoms with Gasteiger partial charge in [0, 0.05) is 10.9 Å². The van der Waals surface area contributed by atoms with E-state index in [2.05, 4.69) is 28.9 Å². The lowest BCUT2D eigenvalue weighted by Crippen LogP contribution is -2.32. The van der Waals surface area contributed by atoms with Crippen molar-refractivity contribution in [2.75, 3.05) is 13.2 Å². The van der Waals surface area contributed by atoms with Gasteiger partial charge in [-0.05, 0) is 17.5 Å². The van der Waals surface area contributed by atoms with Gasteiger partial charge in [0.15, 0.2) is 12.1 Å². The van der Waals surface area contributed by atoms with Gasteiger partial charge in [-0.1, -0.05) is 41.1 Å². The van der Waals surface area contributed by atoms with Gasteiger partial charge < -0.3 is 9.47 Å². The fourth-order valence-corrected chi connectivity index (χ4v) is 2.56. The average Bonchev–Trinajstić information content (AvgIpc) is 2.32. The smallest absolute Gasteiger partial charge is 0.184 e. The van der Waals surface area contributed by atoms with Gasteiger partial charge in [0.05, 0.1) is 0 Å². The van der Waals surface area contributed by atoms with Crippen LogP contribution < -0.4 is 0 Å². The van der Waals surface area contributed by atoms with E-state index in [9.17, 15) is 4.79 Å². The molecule has 0 spiro atoms. The third-order valence-corrected chi connectivity index (χ3v) is 3.56. The molecule has 0 N–H and O–H groups in total. The number of halogens is 1. The summed E-state index contributed by atoms with van der Waals surface area (Å²) in [4.78, 5) is 11.0.